The van der Waals surface area contributed by atoms with E-state index in [1.165, 1.54) is 18.3 Å². The first kappa shape index (κ1) is 18.4. The largest absolute Gasteiger partial charge is 0.448 e. The van der Waals surface area contributed by atoms with Crippen LogP contribution in [0.1, 0.15) is 16.6 Å². The van der Waals surface area contributed by atoms with Crippen molar-refractivity contribution >= 4 is 34.8 Å². The van der Waals surface area contributed by atoms with Gasteiger partial charge in [0.15, 0.2) is 6.10 Å². The zero-order valence-electron chi connectivity index (χ0n) is 13.4. The molecule has 0 fully saturated rings. The molecule has 1 heterocycles. The lowest BCUT2D eigenvalue weighted by atomic mass is 10.2. The second-order valence-electron chi connectivity index (χ2n) is 5.00. The van der Waals surface area contributed by atoms with Gasteiger partial charge in [0.05, 0.1) is 6.61 Å². The van der Waals surface area contributed by atoms with Crippen LogP contribution in [0.5, 0.6) is 0 Å². The van der Waals surface area contributed by atoms with E-state index < -0.39 is 12.1 Å². The molecule has 1 aromatic carbocycles. The number of amides is 1. The maximum absolute atomic E-state index is 12.2. The van der Waals surface area contributed by atoms with Crippen LogP contribution in [0, 0.1) is 0 Å². The number of carbonyl (C=O) groups excluding carboxylic acids is 2. The van der Waals surface area contributed by atoms with Gasteiger partial charge in [0.25, 0.3) is 5.91 Å². The second-order valence-corrected chi connectivity index (χ2v) is 6.52. The average Bonchev–Trinajstić information content (AvgIpc) is 3.05. The summed E-state index contributed by atoms with van der Waals surface area (Å²) in [6, 6.07) is 10.9. The van der Waals surface area contributed by atoms with Crippen LogP contribution >= 0.6 is 22.9 Å². The summed E-state index contributed by atoms with van der Waals surface area (Å²) < 4.78 is 10.0. The molecule has 1 N–H and O–H groups in total. The number of hydrogen-bond donors (Lipinski definition) is 1. The second kappa shape index (κ2) is 8.82. The van der Waals surface area contributed by atoms with Crippen LogP contribution in [0.2, 0.25) is 5.02 Å². The van der Waals surface area contributed by atoms with E-state index in [0.717, 1.165) is 10.4 Å². The smallest absolute Gasteiger partial charge is 0.349 e. The van der Waals surface area contributed by atoms with Gasteiger partial charge in [-0.05, 0) is 36.8 Å². The first-order chi connectivity index (χ1) is 11.5. The quantitative estimate of drug-likeness (QED) is 0.602. The number of methoxy groups -OCH3 is 1. The molecule has 0 unspecified atom stereocenters. The lowest BCUT2D eigenvalue weighted by molar-refractivity contribution is -0.129. The SMILES string of the molecule is COCCNC(=O)[C@@H](C)OC(=O)c1ccc(-c2ccc(Cl)cc2)s1. The van der Waals surface area contributed by atoms with Crippen molar-refractivity contribution in [2.45, 2.75) is 13.0 Å². The Morgan fingerprint density at radius 3 is 2.58 bits per heavy atom. The molecule has 0 bridgehead atoms. The van der Waals surface area contributed by atoms with Gasteiger partial charge in [0.2, 0.25) is 0 Å². The summed E-state index contributed by atoms with van der Waals surface area (Å²) in [4.78, 5) is 25.3. The Morgan fingerprint density at radius 2 is 1.92 bits per heavy atom. The predicted octanol–water partition coefficient (Wildman–Crippen LogP) is 3.38. The molecule has 7 heteroatoms. The predicted molar refractivity (Wildman–Crippen MR) is 94.5 cm³/mol. The van der Waals surface area contributed by atoms with E-state index in [2.05, 4.69) is 5.32 Å². The van der Waals surface area contributed by atoms with Gasteiger partial charge in [-0.1, -0.05) is 23.7 Å². The van der Waals surface area contributed by atoms with Crippen molar-refractivity contribution in [2.75, 3.05) is 20.3 Å². The van der Waals surface area contributed by atoms with Gasteiger partial charge >= 0.3 is 5.97 Å². The van der Waals surface area contributed by atoms with E-state index in [1.807, 2.05) is 18.2 Å². The summed E-state index contributed by atoms with van der Waals surface area (Å²) >= 11 is 7.18. The van der Waals surface area contributed by atoms with E-state index >= 15 is 0 Å². The molecular weight excluding hydrogens is 350 g/mol. The Balaban J connectivity index is 1.95. The van der Waals surface area contributed by atoms with Crippen LogP contribution in [0.4, 0.5) is 0 Å². The van der Waals surface area contributed by atoms with E-state index in [-0.39, 0.29) is 5.91 Å². The Morgan fingerprint density at radius 1 is 1.21 bits per heavy atom. The first-order valence-electron chi connectivity index (χ1n) is 7.34. The highest BCUT2D eigenvalue weighted by atomic mass is 35.5. The Hall–Kier alpha value is -1.89. The van der Waals surface area contributed by atoms with Crippen molar-refractivity contribution in [3.63, 3.8) is 0 Å². The Kier molecular flexibility index (Phi) is 6.78. The zero-order valence-corrected chi connectivity index (χ0v) is 14.9. The van der Waals surface area contributed by atoms with Gasteiger partial charge in [0, 0.05) is 23.6 Å². The standard InChI is InChI=1S/C17H18ClNO4S/c1-11(16(20)19-9-10-22-2)23-17(21)15-8-7-14(24-15)12-3-5-13(18)6-4-12/h3-8,11H,9-10H2,1-2H3,(H,19,20)/t11-/m1/s1. The number of nitrogens with one attached hydrogen (secondary N) is 1. The summed E-state index contributed by atoms with van der Waals surface area (Å²) in [6.07, 6.45) is -0.865. The minimum atomic E-state index is -0.865. The molecule has 0 aliphatic rings. The van der Waals surface area contributed by atoms with Crippen LogP contribution in [-0.2, 0) is 14.3 Å². The topological polar surface area (TPSA) is 64.6 Å². The summed E-state index contributed by atoms with van der Waals surface area (Å²) in [5.74, 6) is -0.871. The highest BCUT2D eigenvalue weighted by Crippen LogP contribution is 2.29. The molecular formula is C17H18ClNO4S. The first-order valence-corrected chi connectivity index (χ1v) is 8.54. The molecule has 0 saturated carbocycles. The number of rotatable bonds is 7. The number of esters is 1. The van der Waals surface area contributed by atoms with E-state index in [9.17, 15) is 9.59 Å². The minimum absolute atomic E-state index is 0.352. The molecule has 0 saturated heterocycles. The molecule has 1 atom stereocenters. The zero-order chi connectivity index (χ0) is 17.5. The van der Waals surface area contributed by atoms with Crippen molar-refractivity contribution in [3.8, 4) is 10.4 Å². The van der Waals surface area contributed by atoms with Crippen LogP contribution in [0.3, 0.4) is 0 Å². The molecule has 128 valence electrons. The van der Waals surface area contributed by atoms with Crippen molar-refractivity contribution in [1.29, 1.82) is 0 Å². The van der Waals surface area contributed by atoms with Crippen LogP contribution in [-0.4, -0.2) is 38.2 Å². The third-order valence-electron chi connectivity index (χ3n) is 3.19. The fraction of sp³-hybridized carbons (Fsp3) is 0.294. The third kappa shape index (κ3) is 5.06. The van der Waals surface area contributed by atoms with E-state index in [0.29, 0.717) is 23.1 Å². The number of benzene rings is 1. The fourth-order valence-electron chi connectivity index (χ4n) is 1.91. The highest BCUT2D eigenvalue weighted by molar-refractivity contribution is 7.17. The summed E-state index contributed by atoms with van der Waals surface area (Å²) in [6.45, 7) is 2.31. The van der Waals surface area contributed by atoms with Gasteiger partial charge in [-0.2, -0.15) is 0 Å². The van der Waals surface area contributed by atoms with E-state index in [4.69, 9.17) is 21.1 Å². The number of ether oxygens (including phenoxy) is 2. The molecule has 0 radical (unpaired) electrons. The summed E-state index contributed by atoms with van der Waals surface area (Å²) in [5.41, 5.74) is 0.966. The molecule has 2 aromatic rings. The summed E-state index contributed by atoms with van der Waals surface area (Å²) in [5, 5.41) is 3.28. The maximum atomic E-state index is 12.2. The Labute approximate surface area is 149 Å². The average molecular weight is 368 g/mol. The maximum Gasteiger partial charge on any atom is 0.349 e. The molecule has 0 aliphatic heterocycles. The number of hydrogen-bond acceptors (Lipinski definition) is 5. The van der Waals surface area contributed by atoms with Gasteiger partial charge < -0.3 is 14.8 Å². The Bertz CT molecular complexity index is 699. The fourth-order valence-corrected chi connectivity index (χ4v) is 2.93. The molecule has 0 aliphatic carbocycles. The minimum Gasteiger partial charge on any atom is -0.448 e. The normalized spacial score (nSPS) is 11.8. The monoisotopic (exact) mass is 367 g/mol. The number of carbonyl (C=O) groups is 2. The molecule has 1 amide bonds. The van der Waals surface area contributed by atoms with Crippen LogP contribution < -0.4 is 5.32 Å². The number of halogens is 1. The van der Waals surface area contributed by atoms with Gasteiger partial charge in [-0.15, -0.1) is 11.3 Å². The third-order valence-corrected chi connectivity index (χ3v) is 4.56. The van der Waals surface area contributed by atoms with Crippen molar-refractivity contribution in [2.24, 2.45) is 0 Å². The molecule has 2 rings (SSSR count). The molecule has 0 spiro atoms. The van der Waals surface area contributed by atoms with Gasteiger partial charge in [-0.3, -0.25) is 4.79 Å². The number of thiophene rings is 1. The van der Waals surface area contributed by atoms with Crippen molar-refractivity contribution in [1.82, 2.24) is 5.32 Å². The van der Waals surface area contributed by atoms with Crippen LogP contribution in [0.15, 0.2) is 36.4 Å². The lowest BCUT2D eigenvalue weighted by Gasteiger charge is -2.12. The van der Waals surface area contributed by atoms with Gasteiger partial charge in [-0.25, -0.2) is 4.79 Å². The lowest BCUT2D eigenvalue weighted by Crippen LogP contribution is -2.37. The van der Waals surface area contributed by atoms with Crippen molar-refractivity contribution < 1.29 is 19.1 Å². The van der Waals surface area contributed by atoms with Gasteiger partial charge in [0.1, 0.15) is 4.88 Å². The van der Waals surface area contributed by atoms with E-state index in [1.54, 1.807) is 25.3 Å². The van der Waals surface area contributed by atoms with Crippen LogP contribution in [0.25, 0.3) is 10.4 Å². The van der Waals surface area contributed by atoms with Crippen molar-refractivity contribution in [3.05, 3.63) is 46.3 Å². The molecule has 5 nitrogen and oxygen atoms in total. The highest BCUT2D eigenvalue weighted by Gasteiger charge is 2.20. The molecule has 24 heavy (non-hydrogen) atoms. The molecule has 1 aromatic heterocycles. The summed E-state index contributed by atoms with van der Waals surface area (Å²) in [7, 11) is 1.55.